The van der Waals surface area contributed by atoms with Crippen LogP contribution in [0.25, 0.3) is 0 Å². The van der Waals surface area contributed by atoms with E-state index < -0.39 is 15.8 Å². The molecule has 0 amide bonds. The fraction of sp³-hybridized carbons (Fsp3) is 0.625. The van der Waals surface area contributed by atoms with E-state index in [2.05, 4.69) is 5.32 Å². The number of sulfonamides is 1. The summed E-state index contributed by atoms with van der Waals surface area (Å²) in [6, 6.07) is 3.51. The second-order valence-electron chi connectivity index (χ2n) is 6.15. The molecular formula is C16H23FN2O4S. The van der Waals surface area contributed by atoms with Crippen molar-refractivity contribution in [2.24, 2.45) is 0 Å². The maximum Gasteiger partial charge on any atom is 0.247 e. The van der Waals surface area contributed by atoms with Crippen LogP contribution in [0, 0.1) is 5.82 Å². The van der Waals surface area contributed by atoms with E-state index in [4.69, 9.17) is 9.47 Å². The minimum Gasteiger partial charge on any atom is -0.490 e. The van der Waals surface area contributed by atoms with Gasteiger partial charge in [0, 0.05) is 25.7 Å². The maximum atomic E-state index is 13.7. The number of hydrogen-bond donors (Lipinski definition) is 1. The molecule has 3 rings (SSSR count). The highest BCUT2D eigenvalue weighted by atomic mass is 32.2. The van der Waals surface area contributed by atoms with Crippen LogP contribution in [-0.4, -0.2) is 58.2 Å². The van der Waals surface area contributed by atoms with Gasteiger partial charge in [-0.2, -0.15) is 4.31 Å². The molecule has 1 aromatic carbocycles. The highest BCUT2D eigenvalue weighted by Gasteiger charge is 2.44. The summed E-state index contributed by atoms with van der Waals surface area (Å²) in [5.41, 5.74) is 0. The van der Waals surface area contributed by atoms with Crippen LogP contribution < -0.4 is 10.1 Å². The minimum absolute atomic E-state index is 0.0370. The smallest absolute Gasteiger partial charge is 0.247 e. The van der Waals surface area contributed by atoms with Crippen LogP contribution in [0.2, 0.25) is 0 Å². The third-order valence-corrected chi connectivity index (χ3v) is 6.62. The Labute approximate surface area is 142 Å². The topological polar surface area (TPSA) is 67.9 Å². The molecule has 0 aromatic heterocycles. The van der Waals surface area contributed by atoms with Gasteiger partial charge in [-0.05, 0) is 44.0 Å². The minimum atomic E-state index is -3.82. The first kappa shape index (κ1) is 17.6. The normalized spacial score (nSPS) is 24.8. The largest absolute Gasteiger partial charge is 0.490 e. The summed E-state index contributed by atoms with van der Waals surface area (Å²) in [4.78, 5) is -0.0996. The van der Waals surface area contributed by atoms with E-state index in [0.29, 0.717) is 13.2 Å². The van der Waals surface area contributed by atoms with Crippen LogP contribution in [0.5, 0.6) is 5.75 Å². The Balaban J connectivity index is 1.95. The molecule has 24 heavy (non-hydrogen) atoms. The van der Waals surface area contributed by atoms with Gasteiger partial charge in [-0.3, -0.25) is 0 Å². The third-order valence-electron chi connectivity index (χ3n) is 4.59. The lowest BCUT2D eigenvalue weighted by atomic mass is 10.1. The Hall–Kier alpha value is -1.22. The van der Waals surface area contributed by atoms with Gasteiger partial charge in [0.2, 0.25) is 10.0 Å². The molecule has 1 aromatic rings. The van der Waals surface area contributed by atoms with Crippen LogP contribution in [0.3, 0.4) is 0 Å². The van der Waals surface area contributed by atoms with E-state index in [1.807, 2.05) is 0 Å². The zero-order chi connectivity index (χ0) is 17.2. The molecule has 2 heterocycles. The standard InChI is InChI=1S/C16H23FN2O4S/c1-22-8-9-23-15-5-2-12(17)10-16(15)24(20,21)19-13-3-4-14(19)11-18-7-6-13/h2,5,10,13-14,18H,3-4,6-9,11H2,1H3. The number of halogens is 1. The lowest BCUT2D eigenvalue weighted by molar-refractivity contribution is 0.144. The van der Waals surface area contributed by atoms with Crippen LogP contribution in [0.4, 0.5) is 4.39 Å². The molecule has 2 bridgehead atoms. The van der Waals surface area contributed by atoms with Gasteiger partial charge in [-0.1, -0.05) is 0 Å². The Morgan fingerprint density at radius 3 is 2.83 bits per heavy atom. The number of nitrogens with one attached hydrogen (secondary N) is 1. The average Bonchev–Trinajstić information content (AvgIpc) is 2.82. The summed E-state index contributed by atoms with van der Waals surface area (Å²) in [5.74, 6) is -0.419. The summed E-state index contributed by atoms with van der Waals surface area (Å²) in [5, 5.41) is 3.27. The number of benzene rings is 1. The summed E-state index contributed by atoms with van der Waals surface area (Å²) in [6.07, 6.45) is 2.44. The van der Waals surface area contributed by atoms with Gasteiger partial charge < -0.3 is 14.8 Å². The number of nitrogens with zero attached hydrogens (tertiary/aromatic N) is 1. The highest BCUT2D eigenvalue weighted by Crippen LogP contribution is 2.36. The molecule has 0 aliphatic carbocycles. The second kappa shape index (κ2) is 7.35. The van der Waals surface area contributed by atoms with E-state index in [0.717, 1.165) is 31.9 Å². The van der Waals surface area contributed by atoms with E-state index in [-0.39, 0.29) is 29.3 Å². The molecule has 2 aliphatic rings. The summed E-state index contributed by atoms with van der Waals surface area (Å²) in [6.45, 7) is 1.97. The zero-order valence-electron chi connectivity index (χ0n) is 13.7. The maximum absolute atomic E-state index is 13.7. The van der Waals surface area contributed by atoms with Crippen molar-refractivity contribution < 1.29 is 22.3 Å². The molecule has 1 N–H and O–H groups in total. The number of fused-ring (bicyclic) bond motifs is 2. The first-order valence-electron chi connectivity index (χ1n) is 8.19. The van der Waals surface area contributed by atoms with Crippen molar-refractivity contribution in [2.75, 3.05) is 33.4 Å². The van der Waals surface area contributed by atoms with Crippen molar-refractivity contribution in [1.82, 2.24) is 9.62 Å². The van der Waals surface area contributed by atoms with Gasteiger partial charge in [0.15, 0.2) is 0 Å². The molecule has 2 fully saturated rings. The number of ether oxygens (including phenoxy) is 2. The Kier molecular flexibility index (Phi) is 5.39. The van der Waals surface area contributed by atoms with Crippen molar-refractivity contribution in [3.05, 3.63) is 24.0 Å². The Bertz CT molecular complexity index is 669. The van der Waals surface area contributed by atoms with Crippen molar-refractivity contribution in [2.45, 2.75) is 36.2 Å². The summed E-state index contributed by atoms with van der Waals surface area (Å²) < 4.78 is 52.2. The van der Waals surface area contributed by atoms with Gasteiger partial charge in [0.25, 0.3) is 0 Å². The van der Waals surface area contributed by atoms with Crippen molar-refractivity contribution in [3.8, 4) is 5.75 Å². The van der Waals surface area contributed by atoms with Gasteiger partial charge in [-0.25, -0.2) is 12.8 Å². The SMILES string of the molecule is COCCOc1ccc(F)cc1S(=O)(=O)N1C2CCNCC1CC2. The molecule has 134 valence electrons. The molecule has 2 aliphatic heterocycles. The molecule has 0 saturated carbocycles. The molecule has 6 nitrogen and oxygen atoms in total. The first-order chi connectivity index (χ1) is 11.5. The number of rotatable bonds is 6. The average molecular weight is 358 g/mol. The third kappa shape index (κ3) is 3.42. The van der Waals surface area contributed by atoms with Gasteiger partial charge in [-0.15, -0.1) is 0 Å². The van der Waals surface area contributed by atoms with Gasteiger partial charge in [0.1, 0.15) is 23.1 Å². The molecular weight excluding hydrogens is 335 g/mol. The van der Waals surface area contributed by atoms with E-state index in [1.54, 1.807) is 4.31 Å². The van der Waals surface area contributed by atoms with E-state index in [9.17, 15) is 12.8 Å². The Morgan fingerprint density at radius 2 is 2.04 bits per heavy atom. The van der Waals surface area contributed by atoms with Crippen LogP contribution in [-0.2, 0) is 14.8 Å². The second-order valence-corrected chi connectivity index (χ2v) is 7.96. The molecule has 2 saturated heterocycles. The van der Waals surface area contributed by atoms with Gasteiger partial charge in [0.05, 0.1) is 6.61 Å². The van der Waals surface area contributed by atoms with Crippen molar-refractivity contribution in [3.63, 3.8) is 0 Å². The molecule has 2 atom stereocenters. The predicted octanol–water partition coefficient (Wildman–Crippen LogP) is 1.37. The van der Waals surface area contributed by atoms with E-state index >= 15 is 0 Å². The fourth-order valence-corrected chi connectivity index (χ4v) is 5.53. The lowest BCUT2D eigenvalue weighted by Gasteiger charge is -2.27. The van der Waals surface area contributed by atoms with Crippen LogP contribution >= 0.6 is 0 Å². The number of hydrogen-bond acceptors (Lipinski definition) is 5. The molecule has 0 radical (unpaired) electrons. The molecule has 8 heteroatoms. The first-order valence-corrected chi connectivity index (χ1v) is 9.63. The zero-order valence-corrected chi connectivity index (χ0v) is 14.5. The molecule has 0 spiro atoms. The highest BCUT2D eigenvalue weighted by molar-refractivity contribution is 7.89. The predicted molar refractivity (Wildman–Crippen MR) is 87.1 cm³/mol. The van der Waals surface area contributed by atoms with Crippen molar-refractivity contribution in [1.29, 1.82) is 0 Å². The van der Waals surface area contributed by atoms with Crippen LogP contribution in [0.15, 0.2) is 23.1 Å². The fourth-order valence-electron chi connectivity index (χ4n) is 3.48. The summed E-state index contributed by atoms with van der Waals surface area (Å²) in [7, 11) is -2.29. The number of methoxy groups -OCH3 is 1. The van der Waals surface area contributed by atoms with Crippen molar-refractivity contribution >= 4 is 10.0 Å². The van der Waals surface area contributed by atoms with Crippen LogP contribution in [0.1, 0.15) is 19.3 Å². The molecule has 2 unspecified atom stereocenters. The van der Waals surface area contributed by atoms with E-state index in [1.165, 1.54) is 19.2 Å². The summed E-state index contributed by atoms with van der Waals surface area (Å²) >= 11 is 0. The Morgan fingerprint density at radius 1 is 1.25 bits per heavy atom. The quantitative estimate of drug-likeness (QED) is 0.778. The monoisotopic (exact) mass is 358 g/mol. The van der Waals surface area contributed by atoms with Gasteiger partial charge >= 0.3 is 0 Å². The lowest BCUT2D eigenvalue weighted by Crippen LogP contribution is -2.42.